The van der Waals surface area contributed by atoms with Crippen molar-refractivity contribution in [3.05, 3.63) is 29.8 Å². The predicted octanol–water partition coefficient (Wildman–Crippen LogP) is 1.06. The van der Waals surface area contributed by atoms with Crippen molar-refractivity contribution in [1.82, 2.24) is 10.0 Å². The highest BCUT2D eigenvalue weighted by Crippen LogP contribution is 2.15. The van der Waals surface area contributed by atoms with Gasteiger partial charge in [-0.05, 0) is 18.2 Å². The molecule has 3 N–H and O–H groups in total. The smallest absolute Gasteiger partial charge is 0.299 e. The van der Waals surface area contributed by atoms with E-state index in [1.165, 1.54) is 0 Å². The molecule has 5 nitrogen and oxygen atoms in total. The van der Waals surface area contributed by atoms with Crippen LogP contribution in [-0.4, -0.2) is 21.5 Å². The van der Waals surface area contributed by atoms with Crippen LogP contribution in [0.2, 0.25) is 0 Å². The summed E-state index contributed by atoms with van der Waals surface area (Å²) < 4.78 is 28.1. The van der Waals surface area contributed by atoms with Crippen LogP contribution in [0, 0.1) is 0 Å². The first-order chi connectivity index (χ1) is 8.09. The van der Waals surface area contributed by atoms with E-state index >= 15 is 0 Å². The van der Waals surface area contributed by atoms with E-state index in [0.29, 0.717) is 18.8 Å². The van der Waals surface area contributed by atoms with Crippen LogP contribution in [0.3, 0.4) is 0 Å². The monoisotopic (exact) mass is 257 g/mol. The van der Waals surface area contributed by atoms with E-state index in [-0.39, 0.29) is 0 Å². The summed E-state index contributed by atoms with van der Waals surface area (Å²) in [5, 5.41) is 3.17. The van der Waals surface area contributed by atoms with Crippen LogP contribution in [0.25, 0.3) is 0 Å². The lowest BCUT2D eigenvalue weighted by atomic mass is 10.2. The van der Waals surface area contributed by atoms with E-state index in [1.54, 1.807) is 19.1 Å². The largest absolute Gasteiger partial charge is 0.313 e. The van der Waals surface area contributed by atoms with Crippen LogP contribution in [0.5, 0.6) is 0 Å². The van der Waals surface area contributed by atoms with Gasteiger partial charge in [-0.15, -0.1) is 0 Å². The molecule has 0 saturated carbocycles. The lowest BCUT2D eigenvalue weighted by Crippen LogP contribution is -2.30. The van der Waals surface area contributed by atoms with Crippen molar-refractivity contribution in [2.24, 2.45) is 0 Å². The second-order valence-corrected chi connectivity index (χ2v) is 5.04. The number of benzene rings is 1. The Morgan fingerprint density at radius 1 is 1.12 bits per heavy atom. The zero-order valence-electron chi connectivity index (χ0n) is 10.2. The maximum Gasteiger partial charge on any atom is 0.299 e. The van der Waals surface area contributed by atoms with Crippen LogP contribution in [0.4, 0.5) is 5.69 Å². The summed E-state index contributed by atoms with van der Waals surface area (Å²) in [6.45, 7) is 5.59. The molecule has 0 unspecified atom stereocenters. The van der Waals surface area contributed by atoms with E-state index < -0.39 is 10.2 Å². The summed E-state index contributed by atoms with van der Waals surface area (Å²) in [6.07, 6.45) is 0. The Kier molecular flexibility index (Phi) is 5.40. The molecule has 0 bridgehead atoms. The molecule has 6 heteroatoms. The van der Waals surface area contributed by atoms with Crippen LogP contribution in [0.15, 0.2) is 24.3 Å². The van der Waals surface area contributed by atoms with Gasteiger partial charge in [0, 0.05) is 13.1 Å². The first-order valence-electron chi connectivity index (χ1n) is 5.65. The van der Waals surface area contributed by atoms with Crippen molar-refractivity contribution in [1.29, 1.82) is 0 Å². The minimum Gasteiger partial charge on any atom is -0.313 e. The molecule has 0 heterocycles. The Hall–Kier alpha value is -1.11. The number of anilines is 1. The summed E-state index contributed by atoms with van der Waals surface area (Å²) in [5.74, 6) is 0. The molecule has 0 aliphatic rings. The van der Waals surface area contributed by atoms with Gasteiger partial charge in [0.05, 0.1) is 5.69 Å². The molecule has 96 valence electrons. The predicted molar refractivity (Wildman–Crippen MR) is 70.0 cm³/mol. The lowest BCUT2D eigenvalue weighted by molar-refractivity contribution is 0.589. The van der Waals surface area contributed by atoms with Gasteiger partial charge in [0.1, 0.15) is 0 Å². The van der Waals surface area contributed by atoms with Crippen LogP contribution in [0.1, 0.15) is 19.4 Å². The molecule has 1 rings (SSSR count). The van der Waals surface area contributed by atoms with Gasteiger partial charge in [0.2, 0.25) is 0 Å². The normalized spacial score (nSPS) is 11.4. The van der Waals surface area contributed by atoms with Gasteiger partial charge in [-0.2, -0.15) is 13.1 Å². The minimum absolute atomic E-state index is 0.366. The Morgan fingerprint density at radius 3 is 2.47 bits per heavy atom. The number of para-hydroxylation sites is 1. The second-order valence-electron chi connectivity index (χ2n) is 3.54. The van der Waals surface area contributed by atoms with Crippen molar-refractivity contribution < 1.29 is 8.42 Å². The van der Waals surface area contributed by atoms with E-state index in [2.05, 4.69) is 14.8 Å². The standard InChI is InChI=1S/C11H19N3O2S/c1-3-12-9-10-7-5-6-8-11(10)14-17(15,16)13-4-2/h5-8,12-14H,3-4,9H2,1-2H3. The molecule has 0 saturated heterocycles. The van der Waals surface area contributed by atoms with Gasteiger partial charge in [0.15, 0.2) is 0 Å². The summed E-state index contributed by atoms with van der Waals surface area (Å²) in [4.78, 5) is 0. The van der Waals surface area contributed by atoms with Crippen molar-refractivity contribution in [3.8, 4) is 0 Å². The summed E-state index contributed by atoms with van der Waals surface area (Å²) in [6, 6.07) is 7.34. The van der Waals surface area contributed by atoms with Gasteiger partial charge < -0.3 is 5.32 Å². The van der Waals surface area contributed by atoms with Gasteiger partial charge in [0.25, 0.3) is 10.2 Å². The molecule has 0 amide bonds. The third kappa shape index (κ3) is 4.72. The zero-order chi connectivity index (χ0) is 12.7. The van der Waals surface area contributed by atoms with Crippen LogP contribution in [-0.2, 0) is 16.8 Å². The molecule has 1 aromatic carbocycles. The van der Waals surface area contributed by atoms with Crippen molar-refractivity contribution >= 4 is 15.9 Å². The topological polar surface area (TPSA) is 70.2 Å². The Morgan fingerprint density at radius 2 is 1.82 bits per heavy atom. The fourth-order valence-electron chi connectivity index (χ4n) is 1.40. The Labute approximate surface area is 103 Å². The van der Waals surface area contributed by atoms with Gasteiger partial charge >= 0.3 is 0 Å². The third-order valence-electron chi connectivity index (χ3n) is 2.16. The van der Waals surface area contributed by atoms with Crippen molar-refractivity contribution in [2.75, 3.05) is 17.8 Å². The summed E-state index contributed by atoms with van der Waals surface area (Å²) >= 11 is 0. The molecule has 0 radical (unpaired) electrons. The fraction of sp³-hybridized carbons (Fsp3) is 0.455. The fourth-order valence-corrected chi connectivity index (χ4v) is 2.35. The lowest BCUT2D eigenvalue weighted by Gasteiger charge is -2.12. The number of hydrogen-bond donors (Lipinski definition) is 3. The van der Waals surface area contributed by atoms with E-state index in [9.17, 15) is 8.42 Å². The maximum absolute atomic E-state index is 11.6. The van der Waals surface area contributed by atoms with Crippen molar-refractivity contribution in [3.63, 3.8) is 0 Å². The van der Waals surface area contributed by atoms with Gasteiger partial charge in [-0.3, -0.25) is 4.72 Å². The quantitative estimate of drug-likeness (QED) is 0.684. The first-order valence-corrected chi connectivity index (χ1v) is 7.13. The highest BCUT2D eigenvalue weighted by atomic mass is 32.2. The highest BCUT2D eigenvalue weighted by molar-refractivity contribution is 7.90. The van der Waals surface area contributed by atoms with Gasteiger partial charge in [-0.1, -0.05) is 32.0 Å². The molecular weight excluding hydrogens is 238 g/mol. The molecule has 0 aliphatic carbocycles. The highest BCUT2D eigenvalue weighted by Gasteiger charge is 2.10. The van der Waals surface area contributed by atoms with E-state index in [4.69, 9.17) is 0 Å². The number of nitrogens with one attached hydrogen (secondary N) is 3. The SMILES string of the molecule is CCNCc1ccccc1NS(=O)(=O)NCC. The Bertz CT molecular complexity index is 446. The summed E-state index contributed by atoms with van der Waals surface area (Å²) in [7, 11) is -3.46. The summed E-state index contributed by atoms with van der Waals surface area (Å²) in [5.41, 5.74) is 1.53. The number of rotatable bonds is 7. The van der Waals surface area contributed by atoms with Crippen LogP contribution >= 0.6 is 0 Å². The van der Waals surface area contributed by atoms with E-state index in [0.717, 1.165) is 12.1 Å². The van der Waals surface area contributed by atoms with Crippen LogP contribution < -0.4 is 14.8 Å². The molecule has 0 spiro atoms. The molecule has 17 heavy (non-hydrogen) atoms. The van der Waals surface area contributed by atoms with E-state index in [1.807, 2.05) is 19.1 Å². The third-order valence-corrected chi connectivity index (χ3v) is 3.32. The average molecular weight is 257 g/mol. The first kappa shape index (κ1) is 14.0. The average Bonchev–Trinajstić information content (AvgIpc) is 2.27. The molecule has 0 aliphatic heterocycles. The molecule has 0 aromatic heterocycles. The molecule has 0 atom stereocenters. The molecular formula is C11H19N3O2S. The van der Waals surface area contributed by atoms with Crippen molar-refractivity contribution in [2.45, 2.75) is 20.4 Å². The maximum atomic E-state index is 11.6. The second kappa shape index (κ2) is 6.58. The molecule has 1 aromatic rings. The molecule has 0 fully saturated rings. The van der Waals surface area contributed by atoms with Gasteiger partial charge in [-0.25, -0.2) is 0 Å². The Balaban J connectivity index is 2.83. The number of hydrogen-bond acceptors (Lipinski definition) is 3. The minimum atomic E-state index is -3.46. The zero-order valence-corrected chi connectivity index (χ0v) is 11.0.